The molecule has 0 saturated heterocycles. The molecule has 0 spiro atoms. The largest absolute Gasteiger partial charge is 0.396 e. The molecule has 0 aliphatic heterocycles. The Labute approximate surface area is 171 Å². The lowest BCUT2D eigenvalue weighted by atomic mass is 9.83. The van der Waals surface area contributed by atoms with E-state index in [9.17, 15) is 8.78 Å². The van der Waals surface area contributed by atoms with Gasteiger partial charge in [-0.3, -0.25) is 0 Å². The van der Waals surface area contributed by atoms with Crippen LogP contribution >= 0.6 is 0 Å². The number of hydrogen-bond acceptors (Lipinski definition) is 5. The van der Waals surface area contributed by atoms with Crippen LogP contribution in [0.2, 0.25) is 0 Å². The van der Waals surface area contributed by atoms with Gasteiger partial charge in [0.1, 0.15) is 23.3 Å². The van der Waals surface area contributed by atoms with Crippen molar-refractivity contribution >= 4 is 17.1 Å². The van der Waals surface area contributed by atoms with Crippen molar-refractivity contribution in [2.24, 2.45) is 10.3 Å². The molecule has 160 valence electrons. The van der Waals surface area contributed by atoms with E-state index >= 15 is 0 Å². The molecular formula is C22H31F2N3O2. The number of halogens is 2. The van der Waals surface area contributed by atoms with Crippen LogP contribution in [0.5, 0.6) is 0 Å². The maximum atomic E-state index is 14.1. The summed E-state index contributed by atoms with van der Waals surface area (Å²) >= 11 is 0. The Bertz CT molecular complexity index is 767. The lowest BCUT2D eigenvalue weighted by Crippen LogP contribution is -2.23. The number of nitrogens with two attached hydrogens (primary N) is 1. The maximum Gasteiger partial charge on any atom is 0.146 e. The van der Waals surface area contributed by atoms with Gasteiger partial charge in [-0.05, 0) is 89.7 Å². The van der Waals surface area contributed by atoms with E-state index < -0.39 is 11.6 Å². The first-order chi connectivity index (χ1) is 13.7. The van der Waals surface area contributed by atoms with E-state index in [0.29, 0.717) is 5.56 Å². The van der Waals surface area contributed by atoms with Gasteiger partial charge in [-0.25, -0.2) is 8.78 Å². The molecular weight excluding hydrogens is 376 g/mol. The van der Waals surface area contributed by atoms with Crippen molar-refractivity contribution < 1.29 is 18.5 Å². The van der Waals surface area contributed by atoms with Crippen LogP contribution in [0.4, 0.5) is 14.5 Å². The fraction of sp³-hybridized carbons (Fsp3) is 0.636. The molecule has 0 heterocycles. The van der Waals surface area contributed by atoms with Gasteiger partial charge < -0.3 is 15.4 Å². The third-order valence-corrected chi connectivity index (χ3v) is 5.41. The molecule has 0 radical (unpaired) electrons. The first-order valence-electron chi connectivity index (χ1n) is 10.4. The monoisotopic (exact) mass is 407 g/mol. The predicted molar refractivity (Wildman–Crippen MR) is 111 cm³/mol. The van der Waals surface area contributed by atoms with Gasteiger partial charge in [0.2, 0.25) is 0 Å². The van der Waals surface area contributed by atoms with Crippen molar-refractivity contribution in [3.8, 4) is 0 Å². The molecule has 0 atom stereocenters. The summed E-state index contributed by atoms with van der Waals surface area (Å²) < 4.78 is 27.8. The van der Waals surface area contributed by atoms with Gasteiger partial charge in [-0.2, -0.15) is 0 Å². The summed E-state index contributed by atoms with van der Waals surface area (Å²) in [6.07, 6.45) is 6.48. The number of hydrogen-bond donors (Lipinski definition) is 1. The number of oxime groups is 2. The summed E-state index contributed by atoms with van der Waals surface area (Å²) in [5.41, 5.74) is 7.49. The molecule has 0 aromatic heterocycles. The molecule has 0 bridgehead atoms. The highest BCUT2D eigenvalue weighted by molar-refractivity contribution is 5.85. The zero-order valence-electron chi connectivity index (χ0n) is 17.5. The van der Waals surface area contributed by atoms with Gasteiger partial charge in [0.15, 0.2) is 0 Å². The highest BCUT2D eigenvalue weighted by atomic mass is 19.1. The summed E-state index contributed by atoms with van der Waals surface area (Å²) in [5.74, 6) is -1.00. The Hall–Kier alpha value is -2.18. The van der Waals surface area contributed by atoms with Gasteiger partial charge in [-0.15, -0.1) is 0 Å². The Balaban J connectivity index is 1.46. The molecule has 2 saturated carbocycles. The van der Waals surface area contributed by atoms with E-state index in [-0.39, 0.29) is 23.3 Å². The summed E-state index contributed by atoms with van der Waals surface area (Å²) in [6, 6.07) is 2.31. The van der Waals surface area contributed by atoms with E-state index in [1.807, 2.05) is 20.8 Å². The van der Waals surface area contributed by atoms with Gasteiger partial charge in [0.05, 0.1) is 17.1 Å². The molecule has 0 amide bonds. The highest BCUT2D eigenvalue weighted by Crippen LogP contribution is 2.35. The van der Waals surface area contributed by atoms with Crippen molar-refractivity contribution in [2.45, 2.75) is 89.8 Å². The Kier molecular flexibility index (Phi) is 6.75. The number of anilines is 1. The predicted octanol–water partition coefficient (Wildman–Crippen LogP) is 5.69. The lowest BCUT2D eigenvalue weighted by molar-refractivity contribution is -0.00172. The van der Waals surface area contributed by atoms with E-state index in [1.165, 1.54) is 6.07 Å². The number of benzene rings is 1. The summed E-state index contributed by atoms with van der Waals surface area (Å²) in [7, 11) is 0. The van der Waals surface area contributed by atoms with Crippen molar-refractivity contribution in [3.05, 3.63) is 29.3 Å². The highest BCUT2D eigenvalue weighted by Gasteiger charge is 2.25. The number of nitrogens with zero attached hydrogens (tertiary/aromatic N) is 2. The maximum absolute atomic E-state index is 14.1. The van der Waals surface area contributed by atoms with Crippen molar-refractivity contribution in [1.29, 1.82) is 0 Å². The fourth-order valence-corrected chi connectivity index (χ4v) is 3.72. The van der Waals surface area contributed by atoms with Crippen LogP contribution in [0.3, 0.4) is 0 Å². The molecule has 5 nitrogen and oxygen atoms in total. The van der Waals surface area contributed by atoms with Gasteiger partial charge in [0.25, 0.3) is 0 Å². The van der Waals surface area contributed by atoms with Crippen molar-refractivity contribution in [2.75, 3.05) is 5.73 Å². The summed E-state index contributed by atoms with van der Waals surface area (Å²) in [5, 5.41) is 8.61. The fourth-order valence-electron chi connectivity index (χ4n) is 3.72. The van der Waals surface area contributed by atoms with Crippen LogP contribution in [0.25, 0.3) is 0 Å². The molecule has 2 aliphatic rings. The third kappa shape index (κ3) is 6.15. The molecule has 1 aromatic carbocycles. The van der Waals surface area contributed by atoms with E-state index in [1.54, 1.807) is 0 Å². The number of nitrogen functional groups attached to an aromatic ring is 1. The topological polar surface area (TPSA) is 69.2 Å². The average Bonchev–Trinajstić information content (AvgIpc) is 2.68. The van der Waals surface area contributed by atoms with Crippen LogP contribution in [-0.4, -0.2) is 23.1 Å². The zero-order chi connectivity index (χ0) is 21.0. The van der Waals surface area contributed by atoms with E-state index in [4.69, 9.17) is 15.4 Å². The molecule has 0 unspecified atom stereocenters. The minimum absolute atomic E-state index is 0.0136. The van der Waals surface area contributed by atoms with Crippen LogP contribution in [0.1, 0.15) is 83.6 Å². The molecule has 3 rings (SSSR count). The normalized spacial score (nSPS) is 22.9. The molecule has 2 aliphatic carbocycles. The Morgan fingerprint density at radius 1 is 0.897 bits per heavy atom. The molecule has 29 heavy (non-hydrogen) atoms. The smallest absolute Gasteiger partial charge is 0.146 e. The second-order valence-electron chi connectivity index (χ2n) is 8.99. The van der Waals surface area contributed by atoms with Crippen LogP contribution in [-0.2, 0) is 9.68 Å². The van der Waals surface area contributed by atoms with Gasteiger partial charge >= 0.3 is 0 Å². The van der Waals surface area contributed by atoms with Gasteiger partial charge in [-0.1, -0.05) is 10.3 Å². The van der Waals surface area contributed by atoms with Crippen LogP contribution < -0.4 is 5.73 Å². The van der Waals surface area contributed by atoms with E-state index in [2.05, 4.69) is 10.3 Å². The van der Waals surface area contributed by atoms with E-state index in [0.717, 1.165) is 68.9 Å². The average molecular weight is 408 g/mol. The second kappa shape index (κ2) is 9.09. The lowest BCUT2D eigenvalue weighted by Gasteiger charge is -2.25. The second-order valence-corrected chi connectivity index (χ2v) is 8.99. The minimum atomic E-state index is -0.558. The first-order valence-corrected chi connectivity index (χ1v) is 10.4. The summed E-state index contributed by atoms with van der Waals surface area (Å²) in [6.45, 7) is 5.94. The number of rotatable bonds is 4. The Morgan fingerprint density at radius 3 is 2.10 bits per heavy atom. The Morgan fingerprint density at radius 2 is 1.48 bits per heavy atom. The summed E-state index contributed by atoms with van der Waals surface area (Å²) in [4.78, 5) is 11.2. The van der Waals surface area contributed by atoms with Crippen LogP contribution in [0, 0.1) is 11.6 Å². The zero-order valence-corrected chi connectivity index (χ0v) is 17.5. The first kappa shape index (κ1) is 21.5. The van der Waals surface area contributed by atoms with Gasteiger partial charge in [0, 0.05) is 6.07 Å². The molecule has 7 heteroatoms. The molecule has 2 fully saturated rings. The third-order valence-electron chi connectivity index (χ3n) is 5.41. The minimum Gasteiger partial charge on any atom is -0.396 e. The van der Waals surface area contributed by atoms with Crippen molar-refractivity contribution in [3.63, 3.8) is 0 Å². The quantitative estimate of drug-likeness (QED) is 0.515. The van der Waals surface area contributed by atoms with Crippen LogP contribution in [0.15, 0.2) is 22.4 Å². The SMILES string of the molecule is CC(C)(C)ON=C1CCC(ON=C2CCC(c3cc(F)c(N)cc3F)CC2)CC1. The molecule has 2 N–H and O–H groups in total. The molecule has 1 aromatic rings. The standard InChI is InChI=1S/C22H31F2N3O2/c1-22(2,3)29-27-16-8-10-17(11-9-16)28-26-15-6-4-14(5-7-15)18-12-20(24)21(25)13-19(18)23/h12-14,17H,4-11,25H2,1-3H3. The van der Waals surface area contributed by atoms with Crippen molar-refractivity contribution in [1.82, 2.24) is 0 Å².